The molecule has 3 rings (SSSR count). The molecule has 5 nitrogen and oxygen atoms in total. The monoisotopic (exact) mass is 310 g/mol. The quantitative estimate of drug-likeness (QED) is 0.942. The predicted molar refractivity (Wildman–Crippen MR) is 91.8 cm³/mol. The van der Waals surface area contributed by atoms with E-state index >= 15 is 0 Å². The Morgan fingerprint density at radius 2 is 2.13 bits per heavy atom. The molecule has 0 atom stereocenters. The second-order valence-electron chi connectivity index (χ2n) is 6.23. The Bertz CT molecular complexity index is 699. The van der Waals surface area contributed by atoms with Crippen molar-refractivity contribution in [2.24, 2.45) is 5.92 Å². The molecule has 23 heavy (non-hydrogen) atoms. The van der Waals surface area contributed by atoms with Crippen molar-refractivity contribution in [3.63, 3.8) is 0 Å². The zero-order valence-electron chi connectivity index (χ0n) is 13.6. The smallest absolute Gasteiger partial charge is 0.277 e. The number of para-hydroxylation sites is 1. The van der Waals surface area contributed by atoms with Crippen LogP contribution in [0.4, 0.5) is 11.6 Å². The van der Waals surface area contributed by atoms with Crippen molar-refractivity contribution >= 4 is 17.5 Å². The molecule has 1 aliphatic heterocycles. The molecule has 0 unspecified atom stereocenters. The van der Waals surface area contributed by atoms with Crippen molar-refractivity contribution in [3.8, 4) is 0 Å². The van der Waals surface area contributed by atoms with Crippen LogP contribution in [0.3, 0.4) is 0 Å². The number of fused-ring (bicyclic) bond motifs is 1. The topological polar surface area (TPSA) is 58.1 Å². The van der Waals surface area contributed by atoms with Gasteiger partial charge >= 0.3 is 0 Å². The molecule has 0 radical (unpaired) electrons. The Hall–Kier alpha value is -2.43. The number of anilines is 2. The molecule has 0 spiro atoms. The highest BCUT2D eigenvalue weighted by molar-refractivity contribution is 6.05. The molecule has 1 N–H and O–H groups in total. The number of nitrogens with zero attached hydrogens (tertiary/aromatic N) is 3. The highest BCUT2D eigenvalue weighted by Gasteiger charge is 2.24. The normalized spacial score (nSPS) is 13.8. The van der Waals surface area contributed by atoms with E-state index in [9.17, 15) is 4.79 Å². The summed E-state index contributed by atoms with van der Waals surface area (Å²) in [6, 6.07) is 9.77. The van der Waals surface area contributed by atoms with Crippen molar-refractivity contribution in [2.75, 3.05) is 23.3 Å². The molecule has 5 heteroatoms. The van der Waals surface area contributed by atoms with Crippen molar-refractivity contribution in [1.82, 2.24) is 9.97 Å². The maximum atomic E-state index is 12.9. The van der Waals surface area contributed by atoms with E-state index in [0.29, 0.717) is 17.6 Å². The second kappa shape index (κ2) is 6.77. The molecule has 2 heterocycles. The highest BCUT2D eigenvalue weighted by atomic mass is 16.2. The summed E-state index contributed by atoms with van der Waals surface area (Å²) in [6.45, 7) is 5.75. The van der Waals surface area contributed by atoms with Crippen LogP contribution in [-0.4, -0.2) is 29.0 Å². The molecule has 0 saturated heterocycles. The minimum atomic E-state index is -0.0628. The van der Waals surface area contributed by atoms with Gasteiger partial charge in [-0.3, -0.25) is 4.79 Å². The van der Waals surface area contributed by atoms with Gasteiger partial charge in [-0.2, -0.15) is 0 Å². The van der Waals surface area contributed by atoms with Gasteiger partial charge in [-0.1, -0.05) is 32.0 Å². The van der Waals surface area contributed by atoms with Gasteiger partial charge in [0, 0.05) is 25.0 Å². The van der Waals surface area contributed by atoms with Gasteiger partial charge in [-0.05, 0) is 36.5 Å². The first-order chi connectivity index (χ1) is 11.1. The second-order valence-corrected chi connectivity index (χ2v) is 6.23. The highest BCUT2D eigenvalue weighted by Crippen LogP contribution is 2.27. The first kappa shape index (κ1) is 15.5. The van der Waals surface area contributed by atoms with Gasteiger partial charge in [-0.15, -0.1) is 0 Å². The molecule has 0 fully saturated rings. The number of hydrogen-bond acceptors (Lipinski definition) is 4. The van der Waals surface area contributed by atoms with Gasteiger partial charge in [0.2, 0.25) is 5.95 Å². The zero-order chi connectivity index (χ0) is 16.2. The Kier molecular flexibility index (Phi) is 4.55. The largest absolute Gasteiger partial charge is 0.354 e. The van der Waals surface area contributed by atoms with Gasteiger partial charge in [0.15, 0.2) is 0 Å². The average Bonchev–Trinajstić information content (AvgIpc) is 2.59. The van der Waals surface area contributed by atoms with Crippen LogP contribution in [0.5, 0.6) is 0 Å². The number of aryl methyl sites for hydroxylation is 1. The van der Waals surface area contributed by atoms with Crippen LogP contribution in [0, 0.1) is 5.92 Å². The Morgan fingerprint density at radius 3 is 2.96 bits per heavy atom. The number of carbonyl (C=O) groups excluding carboxylic acids is 1. The molecule has 0 aliphatic carbocycles. The van der Waals surface area contributed by atoms with Crippen LogP contribution in [-0.2, 0) is 6.42 Å². The third-order valence-corrected chi connectivity index (χ3v) is 3.90. The van der Waals surface area contributed by atoms with Crippen LogP contribution in [0.1, 0.15) is 36.3 Å². The summed E-state index contributed by atoms with van der Waals surface area (Å²) in [7, 11) is 0. The van der Waals surface area contributed by atoms with Gasteiger partial charge < -0.3 is 10.2 Å². The van der Waals surface area contributed by atoms with Crippen LogP contribution >= 0.6 is 0 Å². The van der Waals surface area contributed by atoms with E-state index in [4.69, 9.17) is 0 Å². The fourth-order valence-electron chi connectivity index (χ4n) is 2.74. The molecular formula is C18H22N4O. The minimum Gasteiger partial charge on any atom is -0.354 e. The first-order valence-corrected chi connectivity index (χ1v) is 8.12. The molecule has 1 aromatic carbocycles. The van der Waals surface area contributed by atoms with Crippen molar-refractivity contribution in [2.45, 2.75) is 26.7 Å². The first-order valence-electron chi connectivity index (χ1n) is 8.12. The van der Waals surface area contributed by atoms with E-state index in [1.807, 2.05) is 23.1 Å². The van der Waals surface area contributed by atoms with Crippen LogP contribution in [0.25, 0.3) is 0 Å². The van der Waals surface area contributed by atoms with Crippen molar-refractivity contribution < 1.29 is 4.79 Å². The molecule has 0 saturated carbocycles. The van der Waals surface area contributed by atoms with Gasteiger partial charge in [0.25, 0.3) is 5.91 Å². The fraction of sp³-hybridized carbons (Fsp3) is 0.389. The summed E-state index contributed by atoms with van der Waals surface area (Å²) in [6.07, 6.45) is 3.63. The van der Waals surface area contributed by atoms with E-state index < -0.39 is 0 Å². The SMILES string of the molecule is CC(C)CNc1nccc(C(=O)N2CCCc3ccccc32)n1. The summed E-state index contributed by atoms with van der Waals surface area (Å²) in [5, 5.41) is 3.17. The number of hydrogen-bond donors (Lipinski definition) is 1. The standard InChI is InChI=1S/C18H22N4O/c1-13(2)12-20-18-19-10-9-15(21-18)17(23)22-11-5-7-14-6-3-4-8-16(14)22/h3-4,6,8-10,13H,5,7,11-12H2,1-2H3,(H,19,20,21). The van der Waals surface area contributed by atoms with E-state index in [-0.39, 0.29) is 5.91 Å². The van der Waals surface area contributed by atoms with E-state index in [2.05, 4.69) is 35.2 Å². The van der Waals surface area contributed by atoms with Crippen LogP contribution in [0.2, 0.25) is 0 Å². The van der Waals surface area contributed by atoms with Gasteiger partial charge in [0.05, 0.1) is 0 Å². The molecule has 120 valence electrons. The van der Waals surface area contributed by atoms with Gasteiger partial charge in [-0.25, -0.2) is 9.97 Å². The number of amides is 1. The van der Waals surface area contributed by atoms with Crippen molar-refractivity contribution in [1.29, 1.82) is 0 Å². The molecule has 2 aromatic rings. The number of nitrogens with one attached hydrogen (secondary N) is 1. The summed E-state index contributed by atoms with van der Waals surface area (Å²) in [5.41, 5.74) is 2.65. The lowest BCUT2D eigenvalue weighted by Crippen LogP contribution is -2.36. The minimum absolute atomic E-state index is 0.0628. The Balaban J connectivity index is 1.83. The maximum Gasteiger partial charge on any atom is 0.277 e. The third-order valence-electron chi connectivity index (χ3n) is 3.90. The summed E-state index contributed by atoms with van der Waals surface area (Å²) >= 11 is 0. The predicted octanol–water partition coefficient (Wildman–Crippen LogP) is 3.14. The van der Waals surface area contributed by atoms with Crippen LogP contribution in [0.15, 0.2) is 36.5 Å². The van der Waals surface area contributed by atoms with E-state index in [1.54, 1.807) is 12.3 Å². The lowest BCUT2D eigenvalue weighted by Gasteiger charge is -2.29. The summed E-state index contributed by atoms with van der Waals surface area (Å²) in [5.74, 6) is 0.939. The molecule has 1 amide bonds. The number of aromatic nitrogens is 2. The zero-order valence-corrected chi connectivity index (χ0v) is 13.6. The van der Waals surface area contributed by atoms with Gasteiger partial charge in [0.1, 0.15) is 5.69 Å². The summed E-state index contributed by atoms with van der Waals surface area (Å²) < 4.78 is 0. The average molecular weight is 310 g/mol. The van der Waals surface area contributed by atoms with Crippen LogP contribution < -0.4 is 10.2 Å². The molecule has 1 aromatic heterocycles. The number of rotatable bonds is 4. The lowest BCUT2D eigenvalue weighted by atomic mass is 10.0. The molecular weight excluding hydrogens is 288 g/mol. The third kappa shape index (κ3) is 3.50. The molecule has 1 aliphatic rings. The summed E-state index contributed by atoms with van der Waals surface area (Å²) in [4.78, 5) is 23.3. The fourth-order valence-corrected chi connectivity index (χ4v) is 2.74. The number of carbonyl (C=O) groups is 1. The molecule has 0 bridgehead atoms. The lowest BCUT2D eigenvalue weighted by molar-refractivity contribution is 0.0980. The van der Waals surface area contributed by atoms with E-state index in [1.165, 1.54) is 5.56 Å². The number of benzene rings is 1. The maximum absolute atomic E-state index is 12.9. The Morgan fingerprint density at radius 1 is 1.30 bits per heavy atom. The Labute approximate surface area is 136 Å². The van der Waals surface area contributed by atoms with E-state index in [0.717, 1.165) is 31.6 Å². The van der Waals surface area contributed by atoms with Crippen molar-refractivity contribution in [3.05, 3.63) is 47.8 Å².